The molecule has 0 radical (unpaired) electrons. The Labute approximate surface area is 168 Å². The van der Waals surface area contributed by atoms with Crippen molar-refractivity contribution in [2.45, 2.75) is 32.2 Å². The molecule has 0 spiro atoms. The highest BCUT2D eigenvalue weighted by atomic mass is 35.5. The Morgan fingerprint density at radius 1 is 1.25 bits per heavy atom. The van der Waals surface area contributed by atoms with Crippen LogP contribution in [0.5, 0.6) is 0 Å². The van der Waals surface area contributed by atoms with Gasteiger partial charge in [-0.05, 0) is 80.1 Å². The third kappa shape index (κ3) is 4.05. The van der Waals surface area contributed by atoms with Crippen molar-refractivity contribution >= 4 is 34.7 Å². The maximum absolute atomic E-state index is 13.3. The van der Waals surface area contributed by atoms with Crippen LogP contribution in [0.15, 0.2) is 45.8 Å². The third-order valence-corrected chi connectivity index (χ3v) is 5.79. The molecule has 4 rings (SSSR count). The molecule has 2 atom stereocenters. The van der Waals surface area contributed by atoms with Gasteiger partial charge in [0.25, 0.3) is 5.56 Å². The van der Waals surface area contributed by atoms with E-state index in [0.29, 0.717) is 46.7 Å². The first-order valence-electron chi connectivity index (χ1n) is 9.76. The zero-order valence-corrected chi connectivity index (χ0v) is 16.4. The Balaban J connectivity index is 1.75. The van der Waals surface area contributed by atoms with Crippen molar-refractivity contribution in [2.75, 3.05) is 6.54 Å². The van der Waals surface area contributed by atoms with Crippen molar-refractivity contribution in [3.05, 3.63) is 63.6 Å². The van der Waals surface area contributed by atoms with Gasteiger partial charge in [-0.2, -0.15) is 0 Å². The minimum absolute atomic E-state index is 0.0542. The van der Waals surface area contributed by atoms with Crippen LogP contribution in [0.2, 0.25) is 5.02 Å². The molecule has 0 bridgehead atoms. The number of nitrogens with two attached hydrogens (primary N) is 1. The van der Waals surface area contributed by atoms with E-state index in [1.807, 2.05) is 24.3 Å². The average Bonchev–Trinajstić information content (AvgIpc) is 3.23. The molecule has 2 heterocycles. The standard InChI is InChI=1S/C22H24ClN3O2/c23-17-6-8-20-19(12-17)22(27)26(14-16-4-1-3-15(11-16)13-24)21(25-20)9-7-18-5-2-10-28-18/h2,5-10,12,15-16H,1,3-4,11,13-14,24H2. The fourth-order valence-electron chi connectivity index (χ4n) is 4.10. The molecule has 1 saturated carbocycles. The summed E-state index contributed by atoms with van der Waals surface area (Å²) in [7, 11) is 0. The molecule has 0 saturated heterocycles. The number of rotatable bonds is 5. The number of halogens is 1. The summed E-state index contributed by atoms with van der Waals surface area (Å²) in [5.74, 6) is 2.32. The quantitative estimate of drug-likeness (QED) is 0.683. The fraction of sp³-hybridized carbons (Fsp3) is 0.364. The number of benzene rings is 1. The second-order valence-electron chi connectivity index (χ2n) is 7.53. The van der Waals surface area contributed by atoms with Gasteiger partial charge in [0.2, 0.25) is 0 Å². The zero-order chi connectivity index (χ0) is 19.5. The van der Waals surface area contributed by atoms with E-state index in [-0.39, 0.29) is 5.56 Å². The molecule has 2 N–H and O–H groups in total. The van der Waals surface area contributed by atoms with Crippen LogP contribution >= 0.6 is 11.6 Å². The SMILES string of the molecule is NCC1CCCC(Cn2c(C=Cc3ccco3)nc3ccc(Cl)cc3c2=O)C1. The molecule has 0 amide bonds. The van der Waals surface area contributed by atoms with E-state index >= 15 is 0 Å². The lowest BCUT2D eigenvalue weighted by molar-refractivity contribution is 0.245. The molecule has 3 aromatic rings. The summed E-state index contributed by atoms with van der Waals surface area (Å²) in [6.45, 7) is 1.35. The van der Waals surface area contributed by atoms with Crippen molar-refractivity contribution in [3.63, 3.8) is 0 Å². The van der Waals surface area contributed by atoms with Gasteiger partial charge in [-0.25, -0.2) is 4.98 Å². The van der Waals surface area contributed by atoms with Gasteiger partial charge >= 0.3 is 0 Å². The minimum atomic E-state index is -0.0542. The van der Waals surface area contributed by atoms with Crippen molar-refractivity contribution in [1.29, 1.82) is 0 Å². The molecule has 2 aromatic heterocycles. The monoisotopic (exact) mass is 397 g/mol. The lowest BCUT2D eigenvalue weighted by Gasteiger charge is -2.29. The normalized spacial score (nSPS) is 20.2. The maximum atomic E-state index is 13.3. The second-order valence-corrected chi connectivity index (χ2v) is 7.97. The van der Waals surface area contributed by atoms with Crippen LogP contribution < -0.4 is 11.3 Å². The molecule has 2 unspecified atom stereocenters. The predicted molar refractivity (Wildman–Crippen MR) is 113 cm³/mol. The summed E-state index contributed by atoms with van der Waals surface area (Å²) >= 11 is 6.13. The first-order chi connectivity index (χ1) is 13.6. The van der Waals surface area contributed by atoms with Crippen LogP contribution in [-0.2, 0) is 6.54 Å². The number of fused-ring (bicyclic) bond motifs is 1. The molecule has 146 valence electrons. The Morgan fingerprint density at radius 2 is 2.11 bits per heavy atom. The molecular weight excluding hydrogens is 374 g/mol. The van der Waals surface area contributed by atoms with Gasteiger partial charge in [0, 0.05) is 11.6 Å². The van der Waals surface area contributed by atoms with Gasteiger partial charge < -0.3 is 10.2 Å². The molecule has 28 heavy (non-hydrogen) atoms. The van der Waals surface area contributed by atoms with E-state index in [9.17, 15) is 4.79 Å². The summed E-state index contributed by atoms with van der Waals surface area (Å²) in [5.41, 5.74) is 6.49. The molecule has 1 aliphatic carbocycles. The van der Waals surface area contributed by atoms with E-state index in [1.54, 1.807) is 29.0 Å². The third-order valence-electron chi connectivity index (χ3n) is 5.55. The smallest absolute Gasteiger partial charge is 0.261 e. The lowest BCUT2D eigenvalue weighted by Crippen LogP contribution is -2.31. The summed E-state index contributed by atoms with van der Waals surface area (Å²) in [6.07, 6.45) is 9.80. The van der Waals surface area contributed by atoms with Crippen molar-refractivity contribution < 1.29 is 4.42 Å². The fourth-order valence-corrected chi connectivity index (χ4v) is 4.27. The van der Waals surface area contributed by atoms with E-state index in [1.165, 1.54) is 6.42 Å². The summed E-state index contributed by atoms with van der Waals surface area (Å²) in [5, 5.41) is 1.09. The van der Waals surface area contributed by atoms with Crippen molar-refractivity contribution in [3.8, 4) is 0 Å². The number of nitrogens with zero attached hydrogens (tertiary/aromatic N) is 2. The van der Waals surface area contributed by atoms with Crippen LogP contribution in [0.4, 0.5) is 0 Å². The molecule has 1 aliphatic rings. The predicted octanol–water partition coefficient (Wildman–Crippen LogP) is 4.58. The van der Waals surface area contributed by atoms with E-state index in [0.717, 1.165) is 25.0 Å². The van der Waals surface area contributed by atoms with Crippen molar-refractivity contribution in [2.24, 2.45) is 17.6 Å². The summed E-state index contributed by atoms with van der Waals surface area (Å²) in [4.78, 5) is 18.0. The first kappa shape index (κ1) is 19.0. The van der Waals surface area contributed by atoms with Gasteiger partial charge in [0.15, 0.2) is 0 Å². The number of aromatic nitrogens is 2. The van der Waals surface area contributed by atoms with Gasteiger partial charge in [-0.3, -0.25) is 9.36 Å². The van der Waals surface area contributed by atoms with Gasteiger partial charge in [-0.1, -0.05) is 18.0 Å². The number of hydrogen-bond donors (Lipinski definition) is 1. The Bertz CT molecular complexity index is 1040. The molecule has 5 nitrogen and oxygen atoms in total. The average molecular weight is 398 g/mol. The summed E-state index contributed by atoms with van der Waals surface area (Å²) < 4.78 is 7.15. The molecule has 1 fully saturated rings. The van der Waals surface area contributed by atoms with Crippen molar-refractivity contribution in [1.82, 2.24) is 9.55 Å². The number of hydrogen-bond acceptors (Lipinski definition) is 4. The van der Waals surface area contributed by atoms with E-state index in [4.69, 9.17) is 26.7 Å². The molecular formula is C22H24ClN3O2. The maximum Gasteiger partial charge on any atom is 0.261 e. The van der Waals surface area contributed by atoms with Crippen LogP contribution in [0.1, 0.15) is 37.3 Å². The topological polar surface area (TPSA) is 74.1 Å². The first-order valence-corrected chi connectivity index (χ1v) is 10.1. The van der Waals surface area contributed by atoms with Gasteiger partial charge in [-0.15, -0.1) is 0 Å². The second kappa shape index (κ2) is 8.33. The van der Waals surface area contributed by atoms with Crippen LogP contribution in [0.3, 0.4) is 0 Å². The minimum Gasteiger partial charge on any atom is -0.465 e. The van der Waals surface area contributed by atoms with Crippen LogP contribution in [0.25, 0.3) is 23.1 Å². The summed E-state index contributed by atoms with van der Waals surface area (Å²) in [6, 6.07) is 8.95. The highest BCUT2D eigenvalue weighted by Gasteiger charge is 2.23. The molecule has 1 aromatic carbocycles. The van der Waals surface area contributed by atoms with Gasteiger partial charge in [0.05, 0.1) is 17.2 Å². The zero-order valence-electron chi connectivity index (χ0n) is 15.7. The van der Waals surface area contributed by atoms with E-state index in [2.05, 4.69) is 0 Å². The lowest BCUT2D eigenvalue weighted by atomic mass is 9.81. The Morgan fingerprint density at radius 3 is 2.89 bits per heavy atom. The Hall–Kier alpha value is -2.37. The number of furan rings is 1. The van der Waals surface area contributed by atoms with Gasteiger partial charge in [0.1, 0.15) is 11.6 Å². The highest BCUT2D eigenvalue weighted by molar-refractivity contribution is 6.31. The largest absolute Gasteiger partial charge is 0.465 e. The molecule has 0 aliphatic heterocycles. The van der Waals surface area contributed by atoms with E-state index < -0.39 is 0 Å². The van der Waals surface area contributed by atoms with Crippen LogP contribution in [-0.4, -0.2) is 16.1 Å². The van der Waals surface area contributed by atoms with Crippen LogP contribution in [0, 0.1) is 11.8 Å². The molecule has 6 heteroatoms. The highest BCUT2D eigenvalue weighted by Crippen LogP contribution is 2.29. The Kier molecular flexibility index (Phi) is 5.64.